The Morgan fingerprint density at radius 2 is 2.09 bits per heavy atom. The van der Waals surface area contributed by atoms with Gasteiger partial charge in [0.25, 0.3) is 5.91 Å². The van der Waals surface area contributed by atoms with Crippen LogP contribution in [0.4, 0.5) is 0 Å². The first-order valence-corrected chi connectivity index (χ1v) is 8.24. The number of hydrogen-bond donors (Lipinski definition) is 1. The van der Waals surface area contributed by atoms with Crippen LogP contribution in [0.25, 0.3) is 0 Å². The van der Waals surface area contributed by atoms with Crippen LogP contribution in [0.2, 0.25) is 0 Å². The third-order valence-electron chi connectivity index (χ3n) is 5.46. The second-order valence-corrected chi connectivity index (χ2v) is 7.96. The zero-order chi connectivity index (χ0) is 17.0. The first-order valence-electron chi connectivity index (χ1n) is 8.24. The standard InChI is InChI=1S/C17H25N3O3/c1-11-13(8-18-20(11)16(2,3)4)14(21)19-9-12-6-5-7-17(12,10-19)15(22)23/h8,12H,5-7,9-10H2,1-4H3,(H,22,23)/t12-,17+/m0/s1. The highest BCUT2D eigenvalue weighted by Crippen LogP contribution is 2.49. The average Bonchev–Trinajstić information content (AvgIpc) is 3.07. The number of likely N-dealkylation sites (tertiary alicyclic amines) is 1. The van der Waals surface area contributed by atoms with E-state index in [1.54, 1.807) is 11.1 Å². The lowest BCUT2D eigenvalue weighted by Crippen LogP contribution is -2.37. The molecule has 2 atom stereocenters. The summed E-state index contributed by atoms with van der Waals surface area (Å²) in [6, 6.07) is 0. The highest BCUT2D eigenvalue weighted by molar-refractivity contribution is 5.96. The van der Waals surface area contributed by atoms with Gasteiger partial charge in [-0.05, 0) is 46.5 Å². The summed E-state index contributed by atoms with van der Waals surface area (Å²) in [7, 11) is 0. The maximum atomic E-state index is 12.9. The molecule has 1 aromatic heterocycles. The van der Waals surface area contributed by atoms with E-state index in [1.807, 2.05) is 32.4 Å². The van der Waals surface area contributed by atoms with E-state index in [-0.39, 0.29) is 17.4 Å². The van der Waals surface area contributed by atoms with E-state index >= 15 is 0 Å². The highest BCUT2D eigenvalue weighted by atomic mass is 16.4. The van der Waals surface area contributed by atoms with Crippen LogP contribution >= 0.6 is 0 Å². The maximum absolute atomic E-state index is 12.9. The van der Waals surface area contributed by atoms with Crippen LogP contribution < -0.4 is 0 Å². The Morgan fingerprint density at radius 1 is 1.39 bits per heavy atom. The summed E-state index contributed by atoms with van der Waals surface area (Å²) >= 11 is 0. The average molecular weight is 319 g/mol. The van der Waals surface area contributed by atoms with Gasteiger partial charge < -0.3 is 10.0 Å². The van der Waals surface area contributed by atoms with Gasteiger partial charge in [0.15, 0.2) is 0 Å². The smallest absolute Gasteiger partial charge is 0.311 e. The van der Waals surface area contributed by atoms with Crippen molar-refractivity contribution in [1.82, 2.24) is 14.7 Å². The van der Waals surface area contributed by atoms with Crippen LogP contribution in [0.5, 0.6) is 0 Å². The number of hydrogen-bond acceptors (Lipinski definition) is 3. The van der Waals surface area contributed by atoms with Crippen LogP contribution in [0.1, 0.15) is 56.1 Å². The molecule has 2 aliphatic rings. The Kier molecular flexibility index (Phi) is 3.54. The fourth-order valence-corrected chi connectivity index (χ4v) is 4.26. The van der Waals surface area contributed by atoms with E-state index in [1.165, 1.54) is 0 Å². The summed E-state index contributed by atoms with van der Waals surface area (Å²) in [6.07, 6.45) is 4.14. The lowest BCUT2D eigenvalue weighted by Gasteiger charge is -2.24. The molecule has 1 aliphatic carbocycles. The molecule has 1 aliphatic heterocycles. The Hall–Kier alpha value is -1.85. The molecule has 1 amide bonds. The number of amides is 1. The van der Waals surface area contributed by atoms with E-state index < -0.39 is 11.4 Å². The molecule has 3 rings (SSSR count). The van der Waals surface area contributed by atoms with Crippen LogP contribution in [0, 0.1) is 18.3 Å². The summed E-state index contributed by atoms with van der Waals surface area (Å²) in [5, 5.41) is 14.0. The van der Waals surface area contributed by atoms with Gasteiger partial charge in [-0.1, -0.05) is 6.42 Å². The molecule has 0 aromatic carbocycles. The summed E-state index contributed by atoms with van der Waals surface area (Å²) < 4.78 is 1.85. The van der Waals surface area contributed by atoms with Gasteiger partial charge in [-0.25, -0.2) is 0 Å². The van der Waals surface area contributed by atoms with Gasteiger partial charge in [0, 0.05) is 18.8 Å². The minimum atomic E-state index is -0.752. The largest absolute Gasteiger partial charge is 0.481 e. The van der Waals surface area contributed by atoms with Crippen molar-refractivity contribution >= 4 is 11.9 Å². The second kappa shape index (κ2) is 5.08. The number of aliphatic carboxylic acids is 1. The molecule has 6 nitrogen and oxygen atoms in total. The predicted octanol–water partition coefficient (Wildman–Crippen LogP) is 2.27. The number of nitrogens with zero attached hydrogens (tertiary/aromatic N) is 3. The van der Waals surface area contributed by atoms with Gasteiger partial charge in [-0.2, -0.15) is 5.10 Å². The molecule has 1 saturated heterocycles. The molecule has 23 heavy (non-hydrogen) atoms. The molecule has 0 unspecified atom stereocenters. The lowest BCUT2D eigenvalue weighted by atomic mass is 9.81. The number of carbonyl (C=O) groups is 2. The van der Waals surface area contributed by atoms with Crippen molar-refractivity contribution in [3.8, 4) is 0 Å². The lowest BCUT2D eigenvalue weighted by molar-refractivity contribution is -0.149. The van der Waals surface area contributed by atoms with Gasteiger partial charge >= 0.3 is 5.97 Å². The quantitative estimate of drug-likeness (QED) is 0.907. The Balaban J connectivity index is 1.86. The normalized spacial score (nSPS) is 27.3. The van der Waals surface area contributed by atoms with Crippen molar-refractivity contribution < 1.29 is 14.7 Å². The zero-order valence-corrected chi connectivity index (χ0v) is 14.3. The highest BCUT2D eigenvalue weighted by Gasteiger charge is 2.56. The summed E-state index contributed by atoms with van der Waals surface area (Å²) in [5.74, 6) is -0.757. The van der Waals surface area contributed by atoms with Gasteiger partial charge in [0.05, 0.1) is 22.7 Å². The van der Waals surface area contributed by atoms with Crippen molar-refractivity contribution in [3.63, 3.8) is 0 Å². The summed E-state index contributed by atoms with van der Waals surface area (Å²) in [6.45, 7) is 8.90. The van der Waals surface area contributed by atoms with Crippen molar-refractivity contribution in [3.05, 3.63) is 17.5 Å². The maximum Gasteiger partial charge on any atom is 0.311 e. The molecule has 6 heteroatoms. The molecule has 0 bridgehead atoms. The van der Waals surface area contributed by atoms with Crippen molar-refractivity contribution in [2.24, 2.45) is 11.3 Å². The fraction of sp³-hybridized carbons (Fsp3) is 0.706. The van der Waals surface area contributed by atoms with Gasteiger partial charge in [0.2, 0.25) is 0 Å². The fourth-order valence-electron chi connectivity index (χ4n) is 4.26. The first kappa shape index (κ1) is 16.0. The number of carboxylic acid groups (broad SMARTS) is 1. The monoisotopic (exact) mass is 319 g/mol. The minimum Gasteiger partial charge on any atom is -0.481 e. The van der Waals surface area contributed by atoms with Crippen LogP contribution in [0.15, 0.2) is 6.20 Å². The van der Waals surface area contributed by atoms with Gasteiger partial charge in [-0.15, -0.1) is 0 Å². The molecular weight excluding hydrogens is 294 g/mol. The van der Waals surface area contributed by atoms with Crippen molar-refractivity contribution in [1.29, 1.82) is 0 Å². The molecule has 126 valence electrons. The molecule has 1 saturated carbocycles. The van der Waals surface area contributed by atoms with Crippen molar-refractivity contribution in [2.45, 2.75) is 52.5 Å². The summed E-state index contributed by atoms with van der Waals surface area (Å²) in [5.41, 5.74) is 0.500. The van der Waals surface area contributed by atoms with Gasteiger partial charge in [0.1, 0.15) is 0 Å². The number of fused-ring (bicyclic) bond motifs is 1. The number of carbonyl (C=O) groups excluding carboxylic acids is 1. The zero-order valence-electron chi connectivity index (χ0n) is 14.3. The topological polar surface area (TPSA) is 75.4 Å². The van der Waals surface area contributed by atoms with E-state index in [0.717, 1.165) is 18.5 Å². The van der Waals surface area contributed by atoms with E-state index in [2.05, 4.69) is 5.10 Å². The number of carboxylic acids is 1. The molecule has 0 spiro atoms. The molecule has 2 fully saturated rings. The summed E-state index contributed by atoms with van der Waals surface area (Å²) in [4.78, 5) is 26.4. The molecule has 0 radical (unpaired) electrons. The van der Waals surface area contributed by atoms with Crippen LogP contribution in [-0.4, -0.2) is 44.8 Å². The molecule has 1 N–H and O–H groups in total. The Morgan fingerprint density at radius 3 is 2.61 bits per heavy atom. The number of rotatable bonds is 2. The third-order valence-corrected chi connectivity index (χ3v) is 5.46. The van der Waals surface area contributed by atoms with Crippen LogP contribution in [-0.2, 0) is 10.3 Å². The SMILES string of the molecule is Cc1c(C(=O)N2C[C@@H]3CCC[C@@]3(C(=O)O)C2)cnn1C(C)(C)C. The van der Waals surface area contributed by atoms with E-state index in [9.17, 15) is 14.7 Å². The van der Waals surface area contributed by atoms with E-state index in [4.69, 9.17) is 0 Å². The Bertz CT molecular complexity index is 659. The van der Waals surface area contributed by atoms with E-state index in [0.29, 0.717) is 25.1 Å². The third kappa shape index (κ3) is 2.35. The van der Waals surface area contributed by atoms with Crippen molar-refractivity contribution in [2.75, 3.05) is 13.1 Å². The Labute approximate surface area is 136 Å². The predicted molar refractivity (Wildman–Crippen MR) is 85.3 cm³/mol. The number of aromatic nitrogens is 2. The molecular formula is C17H25N3O3. The second-order valence-electron chi connectivity index (χ2n) is 7.96. The molecule has 2 heterocycles. The molecule has 1 aromatic rings. The van der Waals surface area contributed by atoms with Crippen LogP contribution in [0.3, 0.4) is 0 Å². The van der Waals surface area contributed by atoms with Gasteiger partial charge in [-0.3, -0.25) is 14.3 Å². The minimum absolute atomic E-state index is 0.0851. The first-order chi connectivity index (χ1) is 10.7.